The van der Waals surface area contributed by atoms with Crippen LogP contribution in [0.15, 0.2) is 158 Å². The van der Waals surface area contributed by atoms with Gasteiger partial charge in [0.2, 0.25) is 0 Å². The van der Waals surface area contributed by atoms with Gasteiger partial charge in [0.1, 0.15) is 5.65 Å². The third-order valence-electron chi connectivity index (χ3n) is 10.9. The van der Waals surface area contributed by atoms with E-state index >= 15 is 0 Å². The minimum absolute atomic E-state index is 0. The molecule has 0 saturated carbocycles. The first-order chi connectivity index (χ1) is 28.4. The second kappa shape index (κ2) is 12.5. The Labute approximate surface area is 340 Å². The number of hydrogen-bond donors (Lipinski definition) is 0. The van der Waals surface area contributed by atoms with Crippen molar-refractivity contribution < 1.29 is 29.9 Å². The molecule has 1 aliphatic heterocycles. The number of para-hydroxylation sites is 4. The molecule has 7 heteroatoms. The van der Waals surface area contributed by atoms with E-state index in [0.29, 0.717) is 22.9 Å². The van der Waals surface area contributed by atoms with Gasteiger partial charge in [-0.05, 0) is 59.9 Å². The standard InChI is InChI=1S/C49H30N5O.Pt/c1-51-30-52(44-22-8-7-21-43(44)51)33-14-9-15-34(28-33)55-35-23-24-37-41-26-32(31-12-3-2-4-13-31)27-46-48(41)54(45(37)29-35)49-40(19-11-25-50-49)39-18-10-17-38-36-16-5-6-20-42(36)53(46)47(38)39;/h2-27,30H,1H3;/q-3;/i1D3;. The van der Waals surface area contributed by atoms with Crippen LogP contribution in [0.4, 0.5) is 17.1 Å². The second-order valence-electron chi connectivity index (χ2n) is 14.0. The molecule has 0 bridgehead atoms. The number of hydrogen-bond acceptors (Lipinski definition) is 4. The van der Waals surface area contributed by atoms with Gasteiger partial charge in [-0.15, -0.1) is 41.4 Å². The van der Waals surface area contributed by atoms with Crippen LogP contribution in [0.3, 0.4) is 0 Å². The topological polar surface area (TPSA) is 37.4 Å². The molecule has 0 fully saturated rings. The van der Waals surface area contributed by atoms with Crippen LogP contribution >= 0.6 is 0 Å². The molecule has 56 heavy (non-hydrogen) atoms. The molecule has 5 heterocycles. The zero-order valence-corrected chi connectivity index (χ0v) is 31.8. The largest absolute Gasteiger partial charge is 0.509 e. The molecule has 0 aliphatic carbocycles. The molecule has 0 spiro atoms. The van der Waals surface area contributed by atoms with Crippen LogP contribution < -0.4 is 14.5 Å². The summed E-state index contributed by atoms with van der Waals surface area (Å²) in [7, 11) is 0. The number of anilines is 3. The Morgan fingerprint density at radius 1 is 0.571 bits per heavy atom. The average molecular weight is 903 g/mol. The average Bonchev–Trinajstić information content (AvgIpc) is 3.92. The predicted octanol–water partition coefficient (Wildman–Crippen LogP) is 12.1. The molecule has 12 rings (SSSR count). The Bertz CT molecular complexity index is 3490. The Balaban J connectivity index is 0.00000397. The van der Waals surface area contributed by atoms with Gasteiger partial charge in [-0.2, -0.15) is 18.8 Å². The summed E-state index contributed by atoms with van der Waals surface area (Å²) in [5.41, 5.74) is 10.2. The molecule has 0 N–H and O–H groups in total. The molecule has 0 atom stereocenters. The maximum Gasteiger partial charge on any atom is 0.143 e. The van der Waals surface area contributed by atoms with E-state index in [2.05, 4.69) is 112 Å². The molecule has 1 aliphatic rings. The van der Waals surface area contributed by atoms with Crippen molar-refractivity contribution in [3.05, 3.63) is 177 Å². The Hall–Kier alpha value is -6.62. The molecule has 11 aromatic rings. The zero-order chi connectivity index (χ0) is 38.7. The summed E-state index contributed by atoms with van der Waals surface area (Å²) in [4.78, 5) is 8.24. The number of benzene rings is 7. The van der Waals surface area contributed by atoms with Crippen LogP contribution in [-0.2, 0) is 21.1 Å². The molecule has 0 amide bonds. The third kappa shape index (κ3) is 4.69. The minimum Gasteiger partial charge on any atom is -0.509 e. The Morgan fingerprint density at radius 3 is 2.21 bits per heavy atom. The van der Waals surface area contributed by atoms with E-state index in [0.717, 1.165) is 71.6 Å². The molecule has 270 valence electrons. The van der Waals surface area contributed by atoms with Gasteiger partial charge >= 0.3 is 0 Å². The van der Waals surface area contributed by atoms with Gasteiger partial charge in [0.05, 0.1) is 22.1 Å². The normalized spacial score (nSPS) is 13.8. The number of rotatable bonds is 4. The number of ether oxygens (including phenoxy) is 1. The molecular weight excluding hydrogens is 870 g/mol. The summed E-state index contributed by atoms with van der Waals surface area (Å²) in [6.07, 6.45) is 1.85. The zero-order valence-electron chi connectivity index (χ0n) is 32.5. The van der Waals surface area contributed by atoms with E-state index in [1.807, 2.05) is 71.8 Å². The fourth-order valence-corrected chi connectivity index (χ4v) is 8.60. The maximum atomic E-state index is 8.13. The minimum atomic E-state index is -2.35. The van der Waals surface area contributed by atoms with E-state index in [9.17, 15) is 0 Å². The van der Waals surface area contributed by atoms with Gasteiger partial charge in [0.15, 0.2) is 0 Å². The molecule has 0 unspecified atom stereocenters. The molecule has 7 aromatic carbocycles. The fourth-order valence-electron chi connectivity index (χ4n) is 8.60. The van der Waals surface area contributed by atoms with E-state index in [1.165, 1.54) is 15.7 Å². The molecule has 4 aromatic heterocycles. The van der Waals surface area contributed by atoms with E-state index in [-0.39, 0.29) is 21.1 Å². The monoisotopic (exact) mass is 902 g/mol. The Morgan fingerprint density at radius 2 is 1.32 bits per heavy atom. The third-order valence-corrected chi connectivity index (χ3v) is 10.9. The number of aromatic nitrogens is 3. The van der Waals surface area contributed by atoms with Crippen molar-refractivity contribution >= 4 is 82.6 Å². The fraction of sp³-hybridized carbons (Fsp3) is 0.0204. The summed E-state index contributed by atoms with van der Waals surface area (Å²) >= 11 is 0. The van der Waals surface area contributed by atoms with Crippen molar-refractivity contribution in [1.29, 1.82) is 0 Å². The number of fused-ring (bicyclic) bond motifs is 11. The van der Waals surface area contributed by atoms with Crippen LogP contribution in [-0.4, -0.2) is 20.8 Å². The van der Waals surface area contributed by atoms with Gasteiger partial charge in [0, 0.05) is 75.8 Å². The van der Waals surface area contributed by atoms with Gasteiger partial charge in [-0.25, -0.2) is 4.98 Å². The van der Waals surface area contributed by atoms with Crippen molar-refractivity contribution in [2.24, 2.45) is 0 Å². The SMILES string of the molecule is [2H]C([2H])([2H])N1[CH-]N(c2[c-]c(Oc3[c-]c4c(cc3)c3cc(-c5ccccc5)cc5c3n4c3ncccc3c3cccc4c6ccccc6n5c43)ccc2)c2ccccc21.[Pt]. The number of nitrogens with zero attached hydrogens (tertiary/aromatic N) is 5. The van der Waals surface area contributed by atoms with Crippen molar-refractivity contribution in [2.45, 2.75) is 0 Å². The van der Waals surface area contributed by atoms with Gasteiger partial charge in [-0.1, -0.05) is 90.4 Å². The van der Waals surface area contributed by atoms with E-state index in [1.54, 1.807) is 6.67 Å². The quantitative estimate of drug-likeness (QED) is 0.165. The summed E-state index contributed by atoms with van der Waals surface area (Å²) in [6.45, 7) is -0.750. The number of pyridine rings is 1. The van der Waals surface area contributed by atoms with Gasteiger partial charge < -0.3 is 23.3 Å². The van der Waals surface area contributed by atoms with Crippen molar-refractivity contribution in [1.82, 2.24) is 13.8 Å². The van der Waals surface area contributed by atoms with Crippen LogP contribution in [0.2, 0.25) is 0 Å². The molecule has 6 nitrogen and oxygen atoms in total. The van der Waals surface area contributed by atoms with Crippen LogP contribution in [0.25, 0.3) is 76.7 Å². The van der Waals surface area contributed by atoms with Crippen molar-refractivity contribution in [3.63, 3.8) is 0 Å². The van der Waals surface area contributed by atoms with E-state index in [4.69, 9.17) is 13.8 Å². The summed E-state index contributed by atoms with van der Waals surface area (Å²) in [5.74, 6) is 0.976. The van der Waals surface area contributed by atoms with Crippen LogP contribution in [0.1, 0.15) is 4.11 Å². The first-order valence-electron chi connectivity index (χ1n) is 19.7. The molecule has 0 saturated heterocycles. The molecule has 0 radical (unpaired) electrons. The summed E-state index contributed by atoms with van der Waals surface area (Å²) in [5, 5.41) is 6.58. The van der Waals surface area contributed by atoms with Crippen LogP contribution in [0.5, 0.6) is 11.5 Å². The Kier molecular flexibility index (Phi) is 6.61. The van der Waals surface area contributed by atoms with Gasteiger partial charge in [0.25, 0.3) is 0 Å². The van der Waals surface area contributed by atoms with Crippen molar-refractivity contribution in [3.8, 4) is 22.6 Å². The maximum absolute atomic E-state index is 8.13. The smallest absolute Gasteiger partial charge is 0.143 e. The second-order valence-corrected chi connectivity index (χ2v) is 14.0. The summed E-state index contributed by atoms with van der Waals surface area (Å²) < 4.78 is 35.7. The van der Waals surface area contributed by atoms with E-state index < -0.39 is 6.98 Å². The van der Waals surface area contributed by atoms with Crippen molar-refractivity contribution in [2.75, 3.05) is 16.8 Å². The predicted molar refractivity (Wildman–Crippen MR) is 225 cm³/mol. The first-order valence-corrected chi connectivity index (χ1v) is 18.2. The van der Waals surface area contributed by atoms with Gasteiger partial charge in [-0.3, -0.25) is 0 Å². The summed E-state index contributed by atoms with van der Waals surface area (Å²) in [6, 6.07) is 58.6. The first kappa shape index (κ1) is 29.7. The van der Waals surface area contributed by atoms with Crippen LogP contribution in [0, 0.1) is 18.8 Å². The molecular formula is C49H30N5OPt-3.